The lowest BCUT2D eigenvalue weighted by Crippen LogP contribution is -2.03. The van der Waals surface area contributed by atoms with Crippen molar-refractivity contribution in [1.82, 2.24) is 0 Å². The molecular weight excluding hydrogens is 286 g/mol. The molecule has 3 N–H and O–H groups in total. The van der Waals surface area contributed by atoms with Gasteiger partial charge in [-0.25, -0.2) is 0 Å². The lowest BCUT2D eigenvalue weighted by molar-refractivity contribution is 0.933. The van der Waals surface area contributed by atoms with Gasteiger partial charge in [-0.15, -0.1) is 22.7 Å². The Morgan fingerprint density at radius 3 is 2.90 bits per heavy atom. The molecule has 106 valence electrons. The molecular formula is C15H19N3S2. The van der Waals surface area contributed by atoms with E-state index in [0.717, 1.165) is 29.0 Å². The maximum Gasteiger partial charge on any atom is 0.0947 e. The number of aryl methyl sites for hydroxylation is 1. The highest BCUT2D eigenvalue weighted by atomic mass is 32.1. The molecule has 2 rings (SSSR count). The van der Waals surface area contributed by atoms with Crippen LogP contribution in [0, 0.1) is 12.3 Å². The molecule has 0 atom stereocenters. The molecule has 0 unspecified atom stereocenters. The molecule has 0 aliphatic heterocycles. The third kappa shape index (κ3) is 3.16. The standard InChI is InChI=1S/C15H19N3S2/c1-3-5-13-10(2)14(17)15(20-13)12(8-16)18-9-11-6-4-7-19-11/h4,6-8,16H,3,5,9,17H2,1-2H3. The summed E-state index contributed by atoms with van der Waals surface area (Å²) in [6, 6.07) is 4.07. The summed E-state index contributed by atoms with van der Waals surface area (Å²) in [7, 11) is 0. The molecule has 3 nitrogen and oxygen atoms in total. The number of nitrogens with zero attached hydrogens (tertiary/aromatic N) is 1. The molecule has 2 heterocycles. The first-order chi connectivity index (χ1) is 9.67. The zero-order valence-corrected chi connectivity index (χ0v) is 13.4. The minimum Gasteiger partial charge on any atom is -0.397 e. The van der Waals surface area contributed by atoms with E-state index in [1.165, 1.54) is 16.0 Å². The minimum absolute atomic E-state index is 0.613. The fourth-order valence-corrected chi connectivity index (χ4v) is 3.91. The van der Waals surface area contributed by atoms with E-state index >= 15 is 0 Å². The number of nitrogen functional groups attached to an aromatic ring is 1. The molecule has 0 saturated carbocycles. The van der Waals surface area contributed by atoms with Gasteiger partial charge in [0.1, 0.15) is 0 Å². The van der Waals surface area contributed by atoms with Gasteiger partial charge in [-0.3, -0.25) is 4.99 Å². The minimum atomic E-state index is 0.613. The van der Waals surface area contributed by atoms with Crippen molar-refractivity contribution in [2.24, 2.45) is 4.99 Å². The Morgan fingerprint density at radius 2 is 2.30 bits per heavy atom. The maximum atomic E-state index is 7.60. The number of rotatable bonds is 6. The highest BCUT2D eigenvalue weighted by Crippen LogP contribution is 2.31. The summed E-state index contributed by atoms with van der Waals surface area (Å²) in [6.45, 7) is 4.83. The first-order valence-corrected chi connectivity index (χ1v) is 8.32. The number of hydrogen-bond acceptors (Lipinski definition) is 5. The van der Waals surface area contributed by atoms with Crippen molar-refractivity contribution in [3.63, 3.8) is 0 Å². The van der Waals surface area contributed by atoms with Gasteiger partial charge in [0.15, 0.2) is 0 Å². The molecule has 0 aliphatic rings. The van der Waals surface area contributed by atoms with Crippen molar-refractivity contribution < 1.29 is 0 Å². The van der Waals surface area contributed by atoms with E-state index in [-0.39, 0.29) is 0 Å². The van der Waals surface area contributed by atoms with Crippen molar-refractivity contribution >= 4 is 40.3 Å². The van der Waals surface area contributed by atoms with E-state index in [1.54, 1.807) is 22.7 Å². The van der Waals surface area contributed by atoms with Gasteiger partial charge in [0.25, 0.3) is 0 Å². The molecule has 0 aromatic carbocycles. The van der Waals surface area contributed by atoms with E-state index in [4.69, 9.17) is 11.1 Å². The number of anilines is 1. The van der Waals surface area contributed by atoms with E-state index in [0.29, 0.717) is 12.3 Å². The summed E-state index contributed by atoms with van der Waals surface area (Å²) in [6.07, 6.45) is 3.45. The smallest absolute Gasteiger partial charge is 0.0947 e. The van der Waals surface area contributed by atoms with Crippen LogP contribution < -0.4 is 5.73 Å². The lowest BCUT2D eigenvalue weighted by atomic mass is 10.1. The summed E-state index contributed by atoms with van der Waals surface area (Å²) in [5, 5.41) is 9.64. The number of nitrogens with two attached hydrogens (primary N) is 1. The van der Waals surface area contributed by atoms with Gasteiger partial charge in [-0.1, -0.05) is 19.4 Å². The van der Waals surface area contributed by atoms with Gasteiger partial charge >= 0.3 is 0 Å². The Balaban J connectivity index is 2.29. The second-order valence-electron chi connectivity index (χ2n) is 4.57. The summed E-state index contributed by atoms with van der Waals surface area (Å²) >= 11 is 3.36. The monoisotopic (exact) mass is 305 g/mol. The SMILES string of the molecule is CCCc1sc(C(C=N)=NCc2cccs2)c(N)c1C. The number of thiophene rings is 2. The first kappa shape index (κ1) is 14.9. The van der Waals surface area contributed by atoms with Crippen LogP contribution in [0.1, 0.15) is 33.5 Å². The largest absolute Gasteiger partial charge is 0.397 e. The number of nitrogens with one attached hydrogen (secondary N) is 1. The van der Waals surface area contributed by atoms with Gasteiger partial charge in [-0.05, 0) is 30.4 Å². The fraction of sp³-hybridized carbons (Fsp3) is 0.333. The average molecular weight is 305 g/mol. The van der Waals surface area contributed by atoms with Crippen LogP contribution in [0.15, 0.2) is 22.5 Å². The highest BCUT2D eigenvalue weighted by Gasteiger charge is 2.15. The zero-order valence-electron chi connectivity index (χ0n) is 11.8. The fourth-order valence-electron chi connectivity index (χ4n) is 1.98. The Labute approximate surface area is 127 Å². The molecule has 0 amide bonds. The molecule has 0 aliphatic carbocycles. The van der Waals surface area contributed by atoms with Crippen LogP contribution in [0.4, 0.5) is 5.69 Å². The summed E-state index contributed by atoms with van der Waals surface area (Å²) in [5.74, 6) is 0. The average Bonchev–Trinajstić information content (AvgIpc) is 3.05. The predicted molar refractivity (Wildman–Crippen MR) is 90.8 cm³/mol. The summed E-state index contributed by atoms with van der Waals surface area (Å²) in [4.78, 5) is 8.00. The van der Waals surface area contributed by atoms with Crippen molar-refractivity contribution in [2.45, 2.75) is 33.2 Å². The molecule has 0 radical (unpaired) electrons. The van der Waals surface area contributed by atoms with Crippen LogP contribution >= 0.6 is 22.7 Å². The summed E-state index contributed by atoms with van der Waals surface area (Å²) < 4.78 is 0. The van der Waals surface area contributed by atoms with Crippen LogP contribution in [0.25, 0.3) is 0 Å². The van der Waals surface area contributed by atoms with Gasteiger partial charge in [0, 0.05) is 16.0 Å². The Kier molecular flexibility index (Phi) is 5.09. The van der Waals surface area contributed by atoms with Crippen LogP contribution in [0.5, 0.6) is 0 Å². The van der Waals surface area contributed by atoms with E-state index in [1.807, 2.05) is 11.4 Å². The van der Waals surface area contributed by atoms with Gasteiger partial charge in [0.05, 0.1) is 22.8 Å². The van der Waals surface area contributed by atoms with E-state index in [2.05, 4.69) is 24.9 Å². The van der Waals surface area contributed by atoms with Crippen molar-refractivity contribution in [3.8, 4) is 0 Å². The summed E-state index contributed by atoms with van der Waals surface area (Å²) in [5.41, 5.74) is 8.81. The normalized spacial score (nSPS) is 11.8. The van der Waals surface area contributed by atoms with Crippen LogP contribution in [-0.2, 0) is 13.0 Å². The third-order valence-corrected chi connectivity index (χ3v) is 5.37. The molecule has 0 bridgehead atoms. The molecule has 0 spiro atoms. The first-order valence-electron chi connectivity index (χ1n) is 6.62. The second-order valence-corrected chi connectivity index (χ2v) is 6.71. The molecule has 5 heteroatoms. The van der Waals surface area contributed by atoms with Gasteiger partial charge in [-0.2, -0.15) is 0 Å². The number of hydrogen-bond donors (Lipinski definition) is 2. The third-order valence-electron chi connectivity index (χ3n) is 3.12. The van der Waals surface area contributed by atoms with Crippen LogP contribution in [0.2, 0.25) is 0 Å². The molecule has 20 heavy (non-hydrogen) atoms. The highest BCUT2D eigenvalue weighted by molar-refractivity contribution is 7.15. The number of aliphatic imine (C=N–C) groups is 1. The van der Waals surface area contributed by atoms with Gasteiger partial charge < -0.3 is 11.1 Å². The Morgan fingerprint density at radius 1 is 1.50 bits per heavy atom. The van der Waals surface area contributed by atoms with Gasteiger partial charge in [0.2, 0.25) is 0 Å². The van der Waals surface area contributed by atoms with Crippen molar-refractivity contribution in [3.05, 3.63) is 37.7 Å². The maximum absolute atomic E-state index is 7.60. The molecule has 2 aromatic heterocycles. The van der Waals surface area contributed by atoms with Crippen molar-refractivity contribution in [1.29, 1.82) is 5.41 Å². The molecule has 2 aromatic rings. The Bertz CT molecular complexity index is 609. The quantitative estimate of drug-likeness (QED) is 0.768. The van der Waals surface area contributed by atoms with Crippen LogP contribution in [-0.4, -0.2) is 11.9 Å². The lowest BCUT2D eigenvalue weighted by Gasteiger charge is -1.99. The predicted octanol–water partition coefficient (Wildman–Crippen LogP) is 4.29. The molecule has 0 saturated heterocycles. The van der Waals surface area contributed by atoms with E-state index < -0.39 is 0 Å². The second kappa shape index (κ2) is 6.81. The van der Waals surface area contributed by atoms with Crippen molar-refractivity contribution in [2.75, 3.05) is 5.73 Å². The Hall–Kier alpha value is -1.46. The van der Waals surface area contributed by atoms with Crippen LogP contribution in [0.3, 0.4) is 0 Å². The van der Waals surface area contributed by atoms with E-state index in [9.17, 15) is 0 Å². The topological polar surface area (TPSA) is 62.2 Å². The molecule has 0 fully saturated rings. The zero-order chi connectivity index (χ0) is 14.5.